The molecule has 4 aliphatic heterocycles. The lowest BCUT2D eigenvalue weighted by Gasteiger charge is -2.38. The third-order valence-corrected chi connectivity index (χ3v) is 13.6. The SMILES string of the molecule is C[C@@H]1O[C@@H](OCCCC(=O)CN(CC(=O)NCCO[C@@H]2O[C@@H](C)[C@@H](O)[C@@H](O)[C@@H]2O)CC(=O)NCC(=O)N[C@@H](CCCCNC(=O)CCCCC(=O)ON2C(=O)CCC2=O)C(=O)CCCO[C@@H]2O[C@@H](C)[C@@H](O)[C@@H](O)[C@@H]2O)[C@@H](O)[C@H](O)[C@@H]1O. The number of carbonyl (C=O) groups is 9. The number of nitrogens with zero attached hydrogens (tertiary/aromatic N) is 2. The van der Waals surface area contributed by atoms with E-state index in [-0.39, 0.29) is 103 Å². The van der Waals surface area contributed by atoms with Crippen molar-refractivity contribution < 1.29 is 122 Å². The smallest absolute Gasteiger partial charge is 0.333 e. The lowest BCUT2D eigenvalue weighted by molar-refractivity contribution is -0.293. The van der Waals surface area contributed by atoms with Gasteiger partial charge in [-0.15, -0.1) is 5.06 Å². The number of imide groups is 1. The van der Waals surface area contributed by atoms with Gasteiger partial charge < -0.3 is 100 Å². The Hall–Kier alpha value is -4.81. The topological polar surface area (TPSA) is 455 Å². The summed E-state index contributed by atoms with van der Waals surface area (Å²) in [6, 6.07) is -1.10. The van der Waals surface area contributed by atoms with Gasteiger partial charge in [0.15, 0.2) is 24.7 Å². The Morgan fingerprint density at radius 1 is 0.519 bits per heavy atom. The average Bonchev–Trinajstić information content (AvgIpc) is 3.74. The van der Waals surface area contributed by atoms with Crippen LogP contribution in [0.2, 0.25) is 0 Å². The second kappa shape index (κ2) is 34.7. The van der Waals surface area contributed by atoms with Gasteiger partial charge in [-0.25, -0.2) is 4.79 Å². The first-order chi connectivity index (χ1) is 38.4. The number of Topliss-reactive ketones (excluding diaryl/α,β-unsaturated/α-hetero) is 2. The van der Waals surface area contributed by atoms with Crippen LogP contribution in [0.1, 0.15) is 104 Å². The van der Waals surface area contributed by atoms with Crippen molar-refractivity contribution in [2.45, 2.75) is 202 Å². The summed E-state index contributed by atoms with van der Waals surface area (Å²) in [7, 11) is 0. The molecule has 13 N–H and O–H groups in total. The molecule has 4 aliphatic rings. The number of amides is 6. The quantitative estimate of drug-likeness (QED) is 0.0207. The maximum atomic E-state index is 13.6. The van der Waals surface area contributed by atoms with Crippen molar-refractivity contribution in [2.75, 3.05) is 59.1 Å². The summed E-state index contributed by atoms with van der Waals surface area (Å²) in [6.45, 7) is 1.74. The zero-order valence-corrected chi connectivity index (χ0v) is 45.7. The Kier molecular flexibility index (Phi) is 29.4. The van der Waals surface area contributed by atoms with Crippen LogP contribution in [0.25, 0.3) is 0 Å². The monoisotopic (exact) mass is 1170 g/mol. The van der Waals surface area contributed by atoms with Crippen molar-refractivity contribution in [1.82, 2.24) is 31.2 Å². The average molecular weight is 1170 g/mol. The van der Waals surface area contributed by atoms with E-state index in [9.17, 15) is 89.1 Å². The van der Waals surface area contributed by atoms with Crippen molar-refractivity contribution in [3.8, 4) is 0 Å². The third kappa shape index (κ3) is 22.7. The molecule has 0 radical (unpaired) electrons. The summed E-state index contributed by atoms with van der Waals surface area (Å²) >= 11 is 0. The predicted molar refractivity (Wildman–Crippen MR) is 270 cm³/mol. The molecule has 31 nitrogen and oxygen atoms in total. The van der Waals surface area contributed by atoms with E-state index >= 15 is 0 Å². The minimum Gasteiger partial charge on any atom is -0.388 e. The summed E-state index contributed by atoms with van der Waals surface area (Å²) < 4.78 is 32.7. The van der Waals surface area contributed by atoms with Gasteiger partial charge in [-0.1, -0.05) is 0 Å². The molecule has 0 aromatic rings. The molecule has 0 unspecified atom stereocenters. The summed E-state index contributed by atoms with van der Waals surface area (Å²) in [5.41, 5.74) is 0. The molecule has 16 atom stereocenters. The van der Waals surface area contributed by atoms with E-state index in [0.717, 1.165) is 0 Å². The van der Waals surface area contributed by atoms with E-state index in [1.54, 1.807) is 0 Å². The highest BCUT2D eigenvalue weighted by Gasteiger charge is 2.45. The van der Waals surface area contributed by atoms with Crippen LogP contribution in [0.4, 0.5) is 0 Å². The number of rotatable bonds is 35. The second-order valence-electron chi connectivity index (χ2n) is 20.4. The summed E-state index contributed by atoms with van der Waals surface area (Å²) in [4.78, 5) is 120. The van der Waals surface area contributed by atoms with E-state index in [1.165, 1.54) is 25.7 Å². The standard InChI is InChI=1S/C50H82N6O25/c1-26-39(66)42(69)45(72)48(78-26)75-19-8-10-29(57)23-55(24-34(61)52-18-21-77-50-47(74)44(71)41(68)28(3)80-50)25-35(62)53-22-33(60)54-30(31(58)12-9-20-76-49-46(73)43(70)40(67)27(2)79-49)11-6-7-17-51-32(59)13-4-5-14-38(65)81-56-36(63)15-16-37(56)64/h26-28,30,39-50,66-74H,4-25H2,1-3H3,(H,51,59)(H,52,61)(H,53,62)(H,54,60)/t26-,27-,28-,30-,39+,40+,41+,42+,43+,44+,45-,46-,47-,48+,49+,50+/m0/s1. The number of carbonyl (C=O) groups excluding carboxylic acids is 9. The van der Waals surface area contributed by atoms with Gasteiger partial charge in [-0.3, -0.25) is 43.3 Å². The fourth-order valence-corrected chi connectivity index (χ4v) is 8.81. The zero-order valence-electron chi connectivity index (χ0n) is 45.7. The number of aliphatic hydroxyl groups excluding tert-OH is 9. The Morgan fingerprint density at radius 3 is 1.52 bits per heavy atom. The number of ether oxygens (including phenoxy) is 6. The van der Waals surface area contributed by atoms with Crippen molar-refractivity contribution in [2.24, 2.45) is 0 Å². The molecule has 81 heavy (non-hydrogen) atoms. The highest BCUT2D eigenvalue weighted by molar-refractivity contribution is 6.01. The second-order valence-corrected chi connectivity index (χ2v) is 20.4. The molecule has 0 bridgehead atoms. The van der Waals surface area contributed by atoms with E-state index in [0.29, 0.717) is 24.3 Å². The van der Waals surface area contributed by atoms with Crippen LogP contribution in [0.15, 0.2) is 0 Å². The Bertz CT molecular complexity index is 2010. The fourth-order valence-electron chi connectivity index (χ4n) is 8.81. The van der Waals surface area contributed by atoms with Crippen LogP contribution in [-0.4, -0.2) is 266 Å². The molecule has 31 heteroatoms. The summed E-state index contributed by atoms with van der Waals surface area (Å²) in [5, 5.41) is 102. The molecule has 0 saturated carbocycles. The van der Waals surface area contributed by atoms with Gasteiger partial charge in [0.2, 0.25) is 23.6 Å². The first kappa shape index (κ1) is 68.7. The first-order valence-electron chi connectivity index (χ1n) is 27.2. The molecular weight excluding hydrogens is 1080 g/mol. The van der Waals surface area contributed by atoms with Crippen LogP contribution < -0.4 is 21.3 Å². The Morgan fingerprint density at radius 2 is 0.988 bits per heavy atom. The van der Waals surface area contributed by atoms with Crippen molar-refractivity contribution >= 4 is 53.0 Å². The van der Waals surface area contributed by atoms with Crippen molar-refractivity contribution in [3.05, 3.63) is 0 Å². The lowest BCUT2D eigenvalue weighted by atomic mass is 10.00. The summed E-state index contributed by atoms with van der Waals surface area (Å²) in [6.07, 6.45) is -19.0. The van der Waals surface area contributed by atoms with Gasteiger partial charge in [0, 0.05) is 51.6 Å². The molecule has 0 aliphatic carbocycles. The van der Waals surface area contributed by atoms with Crippen LogP contribution in [-0.2, 0) is 76.4 Å². The van der Waals surface area contributed by atoms with Crippen LogP contribution in [0, 0.1) is 0 Å². The normalized spacial score (nSPS) is 29.9. The summed E-state index contributed by atoms with van der Waals surface area (Å²) in [5.74, 6) is -5.50. The van der Waals surface area contributed by atoms with E-state index in [1.807, 2.05) is 0 Å². The molecule has 462 valence electrons. The van der Waals surface area contributed by atoms with Crippen LogP contribution in [0.3, 0.4) is 0 Å². The largest absolute Gasteiger partial charge is 0.388 e. The lowest BCUT2D eigenvalue weighted by Crippen LogP contribution is -2.57. The Labute approximate surface area is 467 Å². The van der Waals surface area contributed by atoms with Gasteiger partial charge in [0.25, 0.3) is 11.8 Å². The van der Waals surface area contributed by atoms with Crippen molar-refractivity contribution in [3.63, 3.8) is 0 Å². The number of aliphatic hydroxyl groups is 9. The molecule has 0 aromatic heterocycles. The molecule has 6 amide bonds. The number of unbranched alkanes of at least 4 members (excludes halogenated alkanes) is 2. The minimum atomic E-state index is -1.59. The molecule has 0 spiro atoms. The number of hydroxylamine groups is 2. The van der Waals surface area contributed by atoms with Crippen LogP contribution in [0.5, 0.6) is 0 Å². The maximum absolute atomic E-state index is 13.6. The van der Waals surface area contributed by atoms with Gasteiger partial charge >= 0.3 is 5.97 Å². The van der Waals surface area contributed by atoms with Gasteiger partial charge in [-0.05, 0) is 65.7 Å². The van der Waals surface area contributed by atoms with Gasteiger partial charge in [0.05, 0.1) is 70.4 Å². The molecule has 4 rings (SSSR count). The van der Waals surface area contributed by atoms with Gasteiger partial charge in [0.1, 0.15) is 60.7 Å². The zero-order chi connectivity index (χ0) is 59.9. The highest BCUT2D eigenvalue weighted by atomic mass is 16.7. The molecule has 4 heterocycles. The number of nitrogens with one attached hydrogen (secondary N) is 4. The molecule has 0 aromatic carbocycles. The van der Waals surface area contributed by atoms with Gasteiger partial charge in [-0.2, -0.15) is 0 Å². The highest BCUT2D eigenvalue weighted by Crippen LogP contribution is 2.25. The Balaban J connectivity index is 1.28. The van der Waals surface area contributed by atoms with E-state index < -0.39 is 171 Å². The number of ketones is 2. The number of hydrogen-bond donors (Lipinski definition) is 13. The van der Waals surface area contributed by atoms with E-state index in [2.05, 4.69) is 21.3 Å². The molecule has 4 saturated heterocycles. The minimum absolute atomic E-state index is 0.0423. The van der Waals surface area contributed by atoms with E-state index in [4.69, 9.17) is 33.3 Å². The first-order valence-corrected chi connectivity index (χ1v) is 27.2. The fraction of sp³-hybridized carbons (Fsp3) is 0.820. The molecule has 4 fully saturated rings. The maximum Gasteiger partial charge on any atom is 0.333 e. The van der Waals surface area contributed by atoms with Crippen molar-refractivity contribution in [1.29, 1.82) is 0 Å². The number of hydrogen-bond acceptors (Lipinski definition) is 26. The van der Waals surface area contributed by atoms with Crippen LogP contribution >= 0.6 is 0 Å². The molecular formula is C50H82N6O25. The predicted octanol–water partition coefficient (Wildman–Crippen LogP) is -6.31. The third-order valence-electron chi connectivity index (χ3n) is 13.6.